The zero-order chi connectivity index (χ0) is 12.0. The van der Waals surface area contributed by atoms with Gasteiger partial charge in [0.05, 0.1) is 0 Å². The molecule has 2 atom stereocenters. The Bertz CT molecular complexity index is 225. The summed E-state index contributed by atoms with van der Waals surface area (Å²) in [5, 5.41) is 0. The number of hydrogen-bond donors (Lipinski definition) is 0. The minimum absolute atomic E-state index is 0.0733. The van der Waals surface area contributed by atoms with Crippen molar-refractivity contribution in [2.75, 3.05) is 0 Å². The van der Waals surface area contributed by atoms with E-state index in [-0.39, 0.29) is 24.1 Å². The standard InChI is InChI=1S/C12H20O4/c1-3-11(13)15-9-6-5-7-10(8-9)16-12(14)4-2/h9-10H,3-8H2,1-2H3/t9-,10+. The van der Waals surface area contributed by atoms with Gasteiger partial charge in [0.1, 0.15) is 12.2 Å². The molecule has 0 unspecified atom stereocenters. The summed E-state index contributed by atoms with van der Waals surface area (Å²) in [7, 11) is 0. The van der Waals surface area contributed by atoms with Crippen molar-refractivity contribution < 1.29 is 19.1 Å². The fourth-order valence-corrected chi connectivity index (χ4v) is 1.85. The molecule has 1 aliphatic rings. The normalized spacial score (nSPS) is 24.9. The van der Waals surface area contributed by atoms with E-state index >= 15 is 0 Å². The van der Waals surface area contributed by atoms with Crippen LogP contribution in [0.4, 0.5) is 0 Å². The summed E-state index contributed by atoms with van der Waals surface area (Å²) < 4.78 is 10.5. The van der Waals surface area contributed by atoms with Crippen LogP contribution in [0.2, 0.25) is 0 Å². The highest BCUT2D eigenvalue weighted by atomic mass is 16.6. The first-order valence-electron chi connectivity index (χ1n) is 6.04. The summed E-state index contributed by atoms with van der Waals surface area (Å²) in [6.45, 7) is 3.56. The number of rotatable bonds is 4. The zero-order valence-electron chi connectivity index (χ0n) is 10.0. The summed E-state index contributed by atoms with van der Waals surface area (Å²) in [5.41, 5.74) is 0. The van der Waals surface area contributed by atoms with Crippen LogP contribution >= 0.6 is 0 Å². The first-order chi connectivity index (χ1) is 7.65. The lowest BCUT2D eigenvalue weighted by atomic mass is 9.95. The molecule has 0 N–H and O–H groups in total. The van der Waals surface area contributed by atoms with Crippen LogP contribution in [0.3, 0.4) is 0 Å². The van der Waals surface area contributed by atoms with Crippen molar-refractivity contribution in [3.8, 4) is 0 Å². The molecule has 4 heteroatoms. The molecule has 0 spiro atoms. The fraction of sp³-hybridized carbons (Fsp3) is 0.833. The van der Waals surface area contributed by atoms with Gasteiger partial charge in [0.2, 0.25) is 0 Å². The minimum Gasteiger partial charge on any atom is -0.462 e. The Morgan fingerprint density at radius 3 is 1.81 bits per heavy atom. The molecule has 0 heterocycles. The fourth-order valence-electron chi connectivity index (χ4n) is 1.85. The second-order valence-electron chi connectivity index (χ2n) is 4.10. The van der Waals surface area contributed by atoms with Crippen LogP contribution in [0.15, 0.2) is 0 Å². The molecule has 0 saturated heterocycles. The molecule has 1 aliphatic carbocycles. The number of hydrogen-bond acceptors (Lipinski definition) is 4. The van der Waals surface area contributed by atoms with Gasteiger partial charge in [-0.3, -0.25) is 9.59 Å². The first kappa shape index (κ1) is 13.0. The lowest BCUT2D eigenvalue weighted by Crippen LogP contribution is -2.31. The maximum absolute atomic E-state index is 11.1. The van der Waals surface area contributed by atoms with Gasteiger partial charge in [0.15, 0.2) is 0 Å². The van der Waals surface area contributed by atoms with E-state index in [2.05, 4.69) is 0 Å². The monoisotopic (exact) mass is 228 g/mol. The Labute approximate surface area is 96.3 Å². The highest BCUT2D eigenvalue weighted by Gasteiger charge is 2.26. The van der Waals surface area contributed by atoms with Crippen molar-refractivity contribution in [3.63, 3.8) is 0 Å². The molecule has 1 fully saturated rings. The maximum Gasteiger partial charge on any atom is 0.305 e. The Morgan fingerprint density at radius 1 is 1.00 bits per heavy atom. The number of ether oxygens (including phenoxy) is 2. The maximum atomic E-state index is 11.1. The predicted octanol–water partition coefficient (Wildman–Crippen LogP) is 2.20. The molecule has 4 nitrogen and oxygen atoms in total. The van der Waals surface area contributed by atoms with E-state index in [0.29, 0.717) is 19.3 Å². The van der Waals surface area contributed by atoms with Gasteiger partial charge in [-0.25, -0.2) is 0 Å². The van der Waals surface area contributed by atoms with Crippen molar-refractivity contribution >= 4 is 11.9 Å². The van der Waals surface area contributed by atoms with Crippen LogP contribution in [0.5, 0.6) is 0 Å². The molecule has 0 aromatic carbocycles. The molecule has 0 aliphatic heterocycles. The summed E-state index contributed by atoms with van der Waals surface area (Å²) >= 11 is 0. The third kappa shape index (κ3) is 4.21. The average Bonchev–Trinajstić information content (AvgIpc) is 2.29. The average molecular weight is 228 g/mol. The molecule has 1 saturated carbocycles. The minimum atomic E-state index is -0.174. The van der Waals surface area contributed by atoms with Crippen LogP contribution in [0.1, 0.15) is 52.4 Å². The van der Waals surface area contributed by atoms with Gasteiger partial charge < -0.3 is 9.47 Å². The zero-order valence-corrected chi connectivity index (χ0v) is 10.0. The summed E-state index contributed by atoms with van der Waals surface area (Å²) in [6, 6.07) is 0. The van der Waals surface area contributed by atoms with Crippen LogP contribution < -0.4 is 0 Å². The summed E-state index contributed by atoms with van der Waals surface area (Å²) in [6.07, 6.45) is 4.01. The quantitative estimate of drug-likeness (QED) is 0.692. The van der Waals surface area contributed by atoms with Gasteiger partial charge in [-0.2, -0.15) is 0 Å². The molecule has 92 valence electrons. The van der Waals surface area contributed by atoms with E-state index in [1.807, 2.05) is 0 Å². The molecule has 0 aromatic rings. The molecular weight excluding hydrogens is 208 g/mol. The largest absolute Gasteiger partial charge is 0.462 e. The van der Waals surface area contributed by atoms with E-state index in [4.69, 9.17) is 9.47 Å². The SMILES string of the molecule is CCC(=O)O[C@@H]1CCC[C@H](OC(=O)CC)C1. The summed E-state index contributed by atoms with van der Waals surface area (Å²) in [4.78, 5) is 22.3. The van der Waals surface area contributed by atoms with E-state index in [0.717, 1.165) is 19.3 Å². The molecule has 16 heavy (non-hydrogen) atoms. The smallest absolute Gasteiger partial charge is 0.305 e. The Balaban J connectivity index is 2.35. The van der Waals surface area contributed by atoms with Gasteiger partial charge in [-0.05, 0) is 19.3 Å². The molecule has 1 rings (SSSR count). The second kappa shape index (κ2) is 6.51. The van der Waals surface area contributed by atoms with Crippen molar-refractivity contribution in [1.82, 2.24) is 0 Å². The molecule has 0 bridgehead atoms. The van der Waals surface area contributed by atoms with Crippen molar-refractivity contribution in [1.29, 1.82) is 0 Å². The van der Waals surface area contributed by atoms with Gasteiger partial charge in [-0.1, -0.05) is 13.8 Å². The number of carbonyl (C=O) groups excluding carboxylic acids is 2. The second-order valence-corrected chi connectivity index (χ2v) is 4.10. The van der Waals surface area contributed by atoms with E-state index in [1.165, 1.54) is 0 Å². The highest BCUT2D eigenvalue weighted by molar-refractivity contribution is 5.69. The predicted molar refractivity (Wildman–Crippen MR) is 58.8 cm³/mol. The van der Waals surface area contributed by atoms with Gasteiger partial charge in [-0.15, -0.1) is 0 Å². The lowest BCUT2D eigenvalue weighted by molar-refractivity contribution is -0.158. The highest BCUT2D eigenvalue weighted by Crippen LogP contribution is 2.24. The van der Waals surface area contributed by atoms with Crippen LogP contribution in [0.25, 0.3) is 0 Å². The van der Waals surface area contributed by atoms with E-state index in [1.54, 1.807) is 13.8 Å². The molecule has 0 amide bonds. The third-order valence-corrected chi connectivity index (χ3v) is 2.75. The van der Waals surface area contributed by atoms with Crippen LogP contribution in [-0.2, 0) is 19.1 Å². The lowest BCUT2D eigenvalue weighted by Gasteiger charge is -2.28. The Kier molecular flexibility index (Phi) is 5.29. The van der Waals surface area contributed by atoms with E-state index < -0.39 is 0 Å². The van der Waals surface area contributed by atoms with Crippen LogP contribution in [0, 0.1) is 0 Å². The van der Waals surface area contributed by atoms with Crippen LogP contribution in [-0.4, -0.2) is 24.1 Å². The number of carbonyl (C=O) groups is 2. The van der Waals surface area contributed by atoms with Gasteiger partial charge >= 0.3 is 11.9 Å². The van der Waals surface area contributed by atoms with Crippen molar-refractivity contribution in [2.24, 2.45) is 0 Å². The van der Waals surface area contributed by atoms with Crippen molar-refractivity contribution in [2.45, 2.75) is 64.6 Å². The first-order valence-corrected chi connectivity index (χ1v) is 6.04. The van der Waals surface area contributed by atoms with E-state index in [9.17, 15) is 9.59 Å². The number of esters is 2. The van der Waals surface area contributed by atoms with Gasteiger partial charge in [0.25, 0.3) is 0 Å². The Morgan fingerprint density at radius 2 is 1.44 bits per heavy atom. The molecule has 0 radical (unpaired) electrons. The summed E-state index contributed by atoms with van der Waals surface area (Å²) in [5.74, 6) is -0.347. The molecular formula is C12H20O4. The topological polar surface area (TPSA) is 52.6 Å². The van der Waals surface area contributed by atoms with Crippen molar-refractivity contribution in [3.05, 3.63) is 0 Å². The molecule has 0 aromatic heterocycles. The van der Waals surface area contributed by atoms with Gasteiger partial charge in [0, 0.05) is 19.3 Å². The third-order valence-electron chi connectivity index (χ3n) is 2.75. The Hall–Kier alpha value is -1.06.